The van der Waals surface area contributed by atoms with E-state index in [2.05, 4.69) is 73.7 Å². The van der Waals surface area contributed by atoms with Gasteiger partial charge in [-0.05, 0) is 48.9 Å². The number of hydrogen-bond acceptors (Lipinski definition) is 4. The molecule has 0 N–H and O–H groups in total. The number of carbonyl (C=O) groups excluding carboxylic acids is 1. The highest BCUT2D eigenvalue weighted by atomic mass is 32.2. The molecule has 0 aromatic heterocycles. The number of thioether (sulfide) groups is 2. The van der Waals surface area contributed by atoms with Crippen LogP contribution in [0.4, 0.5) is 0 Å². The standard InChI is InChI=1S/C22H42O2S2Si/c1-11-13-16(2)18(24-27(9,10)21(4,5)6)17(3)19(23)22(7,8)20-25-14-12-15-26-20/h11,13,16-18,20H,12,14-15H2,1-10H3/b13-11+/t16-,17+,18-/m0/s1. The number of ketones is 1. The van der Waals surface area contributed by atoms with Crippen molar-refractivity contribution in [2.45, 2.75) is 90.6 Å². The Morgan fingerprint density at radius 2 is 1.63 bits per heavy atom. The Bertz CT molecular complexity index is 517. The summed E-state index contributed by atoms with van der Waals surface area (Å²) in [5.41, 5.74) is -0.333. The summed E-state index contributed by atoms with van der Waals surface area (Å²) in [4.78, 5) is 13.6. The molecule has 5 heteroatoms. The van der Waals surface area contributed by atoms with Gasteiger partial charge in [-0.15, -0.1) is 23.5 Å². The van der Waals surface area contributed by atoms with E-state index in [4.69, 9.17) is 4.43 Å². The van der Waals surface area contributed by atoms with Crippen LogP contribution in [0, 0.1) is 17.3 Å². The summed E-state index contributed by atoms with van der Waals surface area (Å²) in [5, 5.41) is 0.133. The molecule has 0 bridgehead atoms. The van der Waals surface area contributed by atoms with Crippen molar-refractivity contribution in [1.29, 1.82) is 0 Å². The number of allylic oxidation sites excluding steroid dienone is 1. The minimum atomic E-state index is -1.96. The van der Waals surface area contributed by atoms with Gasteiger partial charge in [0.25, 0.3) is 0 Å². The maximum Gasteiger partial charge on any atom is 0.192 e. The van der Waals surface area contributed by atoms with Crippen LogP contribution < -0.4 is 0 Å². The zero-order valence-corrected chi connectivity index (χ0v) is 21.9. The van der Waals surface area contributed by atoms with E-state index in [1.54, 1.807) is 0 Å². The third kappa shape index (κ3) is 6.38. The molecule has 1 aliphatic heterocycles. The summed E-state index contributed by atoms with van der Waals surface area (Å²) in [7, 11) is -1.96. The van der Waals surface area contributed by atoms with Gasteiger partial charge in [-0.3, -0.25) is 4.79 Å². The predicted molar refractivity (Wildman–Crippen MR) is 127 cm³/mol. The van der Waals surface area contributed by atoms with Gasteiger partial charge in [0.2, 0.25) is 0 Å². The molecule has 1 heterocycles. The van der Waals surface area contributed by atoms with Crippen molar-refractivity contribution in [3.63, 3.8) is 0 Å². The number of Topliss-reactive ketones (excluding diaryl/α,β-unsaturated/α-hetero) is 1. The van der Waals surface area contributed by atoms with Crippen molar-refractivity contribution in [2.75, 3.05) is 11.5 Å². The van der Waals surface area contributed by atoms with E-state index in [0.717, 1.165) is 0 Å². The maximum atomic E-state index is 13.6. The van der Waals surface area contributed by atoms with Gasteiger partial charge < -0.3 is 4.43 Å². The lowest BCUT2D eigenvalue weighted by Crippen LogP contribution is -2.50. The average Bonchev–Trinajstić information content (AvgIpc) is 2.58. The van der Waals surface area contributed by atoms with E-state index < -0.39 is 8.32 Å². The van der Waals surface area contributed by atoms with Gasteiger partial charge in [-0.1, -0.05) is 60.6 Å². The number of hydrogen-bond donors (Lipinski definition) is 0. The highest BCUT2D eigenvalue weighted by Gasteiger charge is 2.46. The lowest BCUT2D eigenvalue weighted by Gasteiger charge is -2.44. The lowest BCUT2D eigenvalue weighted by atomic mass is 9.78. The van der Waals surface area contributed by atoms with Crippen molar-refractivity contribution in [3.05, 3.63) is 12.2 Å². The Labute approximate surface area is 178 Å². The molecule has 0 amide bonds. The van der Waals surface area contributed by atoms with Gasteiger partial charge in [0.15, 0.2) is 8.32 Å². The minimum absolute atomic E-state index is 0.0625. The second kappa shape index (κ2) is 9.86. The summed E-state index contributed by atoms with van der Waals surface area (Å²) in [6.07, 6.45) is 5.47. The first-order valence-electron chi connectivity index (χ1n) is 10.3. The molecule has 0 spiro atoms. The smallest absolute Gasteiger partial charge is 0.192 e. The van der Waals surface area contributed by atoms with Crippen LogP contribution in [0.25, 0.3) is 0 Å². The van der Waals surface area contributed by atoms with Crippen molar-refractivity contribution < 1.29 is 9.22 Å². The summed E-state index contributed by atoms with van der Waals surface area (Å²) < 4.78 is 7.19. The van der Waals surface area contributed by atoms with Gasteiger partial charge in [0, 0.05) is 11.3 Å². The minimum Gasteiger partial charge on any atom is -0.413 e. The Morgan fingerprint density at radius 1 is 1.11 bits per heavy atom. The molecular formula is C22H42O2S2Si. The molecule has 0 aliphatic carbocycles. The fourth-order valence-electron chi connectivity index (χ4n) is 3.35. The van der Waals surface area contributed by atoms with Gasteiger partial charge in [-0.25, -0.2) is 0 Å². The zero-order chi connectivity index (χ0) is 21.0. The van der Waals surface area contributed by atoms with Crippen LogP contribution in [-0.4, -0.2) is 36.3 Å². The van der Waals surface area contributed by atoms with Crippen molar-refractivity contribution in [2.24, 2.45) is 17.3 Å². The lowest BCUT2D eigenvalue weighted by molar-refractivity contribution is -0.133. The van der Waals surface area contributed by atoms with E-state index in [0.29, 0.717) is 10.4 Å². The topological polar surface area (TPSA) is 26.3 Å². The molecule has 0 aromatic rings. The Morgan fingerprint density at radius 3 is 2.07 bits per heavy atom. The van der Waals surface area contributed by atoms with Crippen LogP contribution in [0.1, 0.15) is 61.8 Å². The SMILES string of the molecule is C/C=C/[C@H](C)[C@H](O[Si](C)(C)C(C)(C)C)[C@@H](C)C(=O)C(C)(C)C1SCCCS1. The molecule has 3 atom stereocenters. The maximum absolute atomic E-state index is 13.6. The molecule has 0 unspecified atom stereocenters. The summed E-state index contributed by atoms with van der Waals surface area (Å²) in [5.74, 6) is 2.81. The molecule has 1 rings (SSSR count). The first-order chi connectivity index (χ1) is 12.3. The molecule has 0 radical (unpaired) electrons. The molecule has 0 aromatic carbocycles. The summed E-state index contributed by atoms with van der Waals surface area (Å²) in [6, 6.07) is 0. The van der Waals surface area contributed by atoms with Crippen molar-refractivity contribution in [1.82, 2.24) is 0 Å². The van der Waals surface area contributed by atoms with Gasteiger partial charge in [0.1, 0.15) is 5.78 Å². The number of rotatable bonds is 8. The third-order valence-electron chi connectivity index (χ3n) is 6.21. The Hall–Kier alpha value is 0.287. The van der Waals surface area contributed by atoms with Crippen LogP contribution in [-0.2, 0) is 9.22 Å². The van der Waals surface area contributed by atoms with E-state index in [1.807, 2.05) is 30.4 Å². The summed E-state index contributed by atoms with van der Waals surface area (Å²) >= 11 is 3.92. The third-order valence-corrected chi connectivity index (χ3v) is 14.3. The molecule has 0 saturated carbocycles. The largest absolute Gasteiger partial charge is 0.413 e. The quantitative estimate of drug-likeness (QED) is 0.305. The zero-order valence-electron chi connectivity index (χ0n) is 19.2. The normalized spacial score (nSPS) is 21.3. The predicted octanol–water partition coefficient (Wildman–Crippen LogP) is 7.02. The molecule has 1 fully saturated rings. The Balaban J connectivity index is 3.11. The summed E-state index contributed by atoms with van der Waals surface area (Å²) in [6.45, 7) is 22.0. The first kappa shape index (κ1) is 25.3. The second-order valence-corrected chi connectivity index (χ2v) is 17.5. The van der Waals surface area contributed by atoms with Crippen LogP contribution in [0.15, 0.2) is 12.2 Å². The van der Waals surface area contributed by atoms with Crippen LogP contribution >= 0.6 is 23.5 Å². The molecule has 1 saturated heterocycles. The van der Waals surface area contributed by atoms with E-state index in [-0.39, 0.29) is 28.4 Å². The molecule has 158 valence electrons. The Kier molecular flexibility index (Phi) is 9.25. The molecule has 1 aliphatic rings. The average molecular weight is 431 g/mol. The molecule has 27 heavy (non-hydrogen) atoms. The molecular weight excluding hydrogens is 388 g/mol. The van der Waals surface area contributed by atoms with E-state index >= 15 is 0 Å². The number of carbonyl (C=O) groups is 1. The van der Waals surface area contributed by atoms with E-state index in [9.17, 15) is 4.79 Å². The van der Waals surface area contributed by atoms with Gasteiger partial charge in [0.05, 0.1) is 10.7 Å². The second-order valence-electron chi connectivity index (χ2n) is 10.0. The monoisotopic (exact) mass is 430 g/mol. The van der Waals surface area contributed by atoms with Gasteiger partial charge in [-0.2, -0.15) is 0 Å². The van der Waals surface area contributed by atoms with Crippen molar-refractivity contribution in [3.8, 4) is 0 Å². The highest BCUT2D eigenvalue weighted by Crippen LogP contribution is 2.46. The first-order valence-corrected chi connectivity index (χ1v) is 15.3. The van der Waals surface area contributed by atoms with Crippen LogP contribution in [0.5, 0.6) is 0 Å². The van der Waals surface area contributed by atoms with Crippen LogP contribution in [0.3, 0.4) is 0 Å². The van der Waals surface area contributed by atoms with E-state index in [1.165, 1.54) is 17.9 Å². The van der Waals surface area contributed by atoms with Crippen molar-refractivity contribution >= 4 is 37.6 Å². The fourth-order valence-corrected chi connectivity index (χ4v) is 8.06. The highest BCUT2D eigenvalue weighted by molar-refractivity contribution is 8.17. The fraction of sp³-hybridized carbons (Fsp3) is 0.864. The van der Waals surface area contributed by atoms with Crippen LogP contribution in [0.2, 0.25) is 18.1 Å². The molecule has 2 nitrogen and oxygen atoms in total. The van der Waals surface area contributed by atoms with Gasteiger partial charge >= 0.3 is 0 Å².